The molecule has 0 atom stereocenters. The largest absolute Gasteiger partial charge is 0.493 e. The van der Waals surface area contributed by atoms with Gasteiger partial charge in [0.05, 0.1) is 18.8 Å². The quantitative estimate of drug-likeness (QED) is 0.424. The summed E-state index contributed by atoms with van der Waals surface area (Å²) in [4.78, 5) is 25.7. The van der Waals surface area contributed by atoms with E-state index in [1.165, 1.54) is 11.3 Å². The van der Waals surface area contributed by atoms with Gasteiger partial charge in [-0.1, -0.05) is 18.5 Å². The number of benzene rings is 1. The molecule has 1 aromatic carbocycles. The van der Waals surface area contributed by atoms with Crippen LogP contribution in [-0.2, 0) is 16.0 Å². The number of halogens is 1. The summed E-state index contributed by atoms with van der Waals surface area (Å²) in [5, 5.41) is 4.10. The summed E-state index contributed by atoms with van der Waals surface area (Å²) < 4.78 is 10.9. The minimum atomic E-state index is -0.388. The normalized spacial score (nSPS) is 10.6. The van der Waals surface area contributed by atoms with Crippen LogP contribution in [0.3, 0.4) is 0 Å². The van der Waals surface area contributed by atoms with Crippen LogP contribution in [0.1, 0.15) is 53.1 Å². The Morgan fingerprint density at radius 3 is 2.61 bits per heavy atom. The number of anilines is 1. The zero-order valence-electron chi connectivity index (χ0n) is 16.7. The highest BCUT2D eigenvalue weighted by molar-refractivity contribution is 7.16. The second kappa shape index (κ2) is 10.5. The lowest BCUT2D eigenvalue weighted by atomic mass is 10.1. The molecule has 0 aliphatic carbocycles. The van der Waals surface area contributed by atoms with Gasteiger partial charge in [-0.05, 0) is 62.9 Å². The Morgan fingerprint density at radius 2 is 1.96 bits per heavy atom. The summed E-state index contributed by atoms with van der Waals surface area (Å²) in [6.07, 6.45) is 1.57. The molecular weight excluding hydrogens is 398 g/mol. The molecule has 0 fully saturated rings. The number of carbonyl (C=O) groups excluding carboxylic acids is 2. The lowest BCUT2D eigenvalue weighted by Gasteiger charge is -2.10. The molecule has 0 radical (unpaired) electrons. The van der Waals surface area contributed by atoms with E-state index in [0.29, 0.717) is 48.1 Å². The number of esters is 1. The summed E-state index contributed by atoms with van der Waals surface area (Å²) in [6.45, 7) is 8.35. The van der Waals surface area contributed by atoms with E-state index in [4.69, 9.17) is 21.1 Å². The molecule has 1 amide bonds. The first-order valence-corrected chi connectivity index (χ1v) is 10.5. The highest BCUT2D eigenvalue weighted by Crippen LogP contribution is 2.34. The van der Waals surface area contributed by atoms with Crippen molar-refractivity contribution in [1.82, 2.24) is 0 Å². The molecule has 28 heavy (non-hydrogen) atoms. The summed E-state index contributed by atoms with van der Waals surface area (Å²) in [6, 6.07) is 5.44. The molecule has 0 saturated heterocycles. The highest BCUT2D eigenvalue weighted by atomic mass is 35.5. The monoisotopic (exact) mass is 423 g/mol. The molecule has 0 aliphatic rings. The van der Waals surface area contributed by atoms with Gasteiger partial charge in [-0.2, -0.15) is 0 Å². The number of nitrogens with one attached hydrogen (secondary N) is 1. The second-order valence-corrected chi connectivity index (χ2v) is 7.99. The van der Waals surface area contributed by atoms with Gasteiger partial charge in [0.15, 0.2) is 0 Å². The van der Waals surface area contributed by atoms with Crippen molar-refractivity contribution in [3.63, 3.8) is 0 Å². The average molecular weight is 424 g/mol. The van der Waals surface area contributed by atoms with Crippen LogP contribution in [0.25, 0.3) is 0 Å². The first-order chi connectivity index (χ1) is 13.4. The molecule has 5 nitrogen and oxygen atoms in total. The Bertz CT molecular complexity index is 847. The fourth-order valence-electron chi connectivity index (χ4n) is 2.89. The Hall–Kier alpha value is -2.05. The van der Waals surface area contributed by atoms with E-state index in [0.717, 1.165) is 21.8 Å². The van der Waals surface area contributed by atoms with Crippen molar-refractivity contribution >= 4 is 39.8 Å². The van der Waals surface area contributed by atoms with E-state index in [-0.39, 0.29) is 11.9 Å². The number of ether oxygens (including phenoxy) is 2. The van der Waals surface area contributed by atoms with E-state index in [1.54, 1.807) is 13.0 Å². The SMILES string of the molecule is CCOC(=O)c1c(NC(=O)CCCOc2ccc(Cl)cc2C)sc(C)c1CC. The number of hydrogen-bond donors (Lipinski definition) is 1. The first-order valence-electron chi connectivity index (χ1n) is 9.35. The van der Waals surface area contributed by atoms with E-state index >= 15 is 0 Å². The maximum atomic E-state index is 12.3. The predicted molar refractivity (Wildman–Crippen MR) is 114 cm³/mol. The van der Waals surface area contributed by atoms with E-state index < -0.39 is 0 Å². The zero-order chi connectivity index (χ0) is 20.7. The van der Waals surface area contributed by atoms with Crippen LogP contribution in [0.2, 0.25) is 5.02 Å². The predicted octanol–water partition coefficient (Wildman–Crippen LogP) is 5.56. The van der Waals surface area contributed by atoms with E-state index in [2.05, 4.69) is 5.32 Å². The fraction of sp³-hybridized carbons (Fsp3) is 0.429. The Balaban J connectivity index is 1.93. The fourth-order valence-corrected chi connectivity index (χ4v) is 4.27. The number of aryl methyl sites for hydroxylation is 2. The molecule has 0 bridgehead atoms. The van der Waals surface area contributed by atoms with Crippen molar-refractivity contribution in [2.45, 2.75) is 47.0 Å². The Kier molecular flexibility index (Phi) is 8.33. The molecule has 7 heteroatoms. The molecule has 1 aromatic heterocycles. The molecule has 0 spiro atoms. The van der Waals surface area contributed by atoms with Gasteiger partial charge in [0.25, 0.3) is 0 Å². The van der Waals surface area contributed by atoms with Crippen molar-refractivity contribution in [1.29, 1.82) is 0 Å². The maximum absolute atomic E-state index is 12.3. The molecule has 1 N–H and O–H groups in total. The minimum Gasteiger partial charge on any atom is -0.493 e. The molecular formula is C21H26ClNO4S. The van der Waals surface area contributed by atoms with Crippen LogP contribution < -0.4 is 10.1 Å². The summed E-state index contributed by atoms with van der Waals surface area (Å²) >= 11 is 7.35. The van der Waals surface area contributed by atoms with Crippen LogP contribution in [0, 0.1) is 13.8 Å². The first kappa shape index (κ1) is 22.2. The molecule has 0 aliphatic heterocycles. The third kappa shape index (κ3) is 5.72. The number of amides is 1. The van der Waals surface area contributed by atoms with E-state index in [9.17, 15) is 9.59 Å². The molecule has 0 saturated carbocycles. The topological polar surface area (TPSA) is 64.6 Å². The molecule has 0 unspecified atom stereocenters. The third-order valence-electron chi connectivity index (χ3n) is 4.24. The second-order valence-electron chi connectivity index (χ2n) is 6.32. The van der Waals surface area contributed by atoms with Gasteiger partial charge in [0, 0.05) is 16.3 Å². The summed E-state index contributed by atoms with van der Waals surface area (Å²) in [5.74, 6) is 0.224. The van der Waals surface area contributed by atoms with Crippen molar-refractivity contribution in [2.24, 2.45) is 0 Å². The molecule has 1 heterocycles. The third-order valence-corrected chi connectivity index (χ3v) is 5.54. The van der Waals surface area contributed by atoms with Gasteiger partial charge in [-0.25, -0.2) is 4.79 Å². The molecule has 2 aromatic rings. The van der Waals surface area contributed by atoms with Gasteiger partial charge >= 0.3 is 5.97 Å². The highest BCUT2D eigenvalue weighted by Gasteiger charge is 2.23. The smallest absolute Gasteiger partial charge is 0.341 e. The van der Waals surface area contributed by atoms with Crippen LogP contribution >= 0.6 is 22.9 Å². The number of carbonyl (C=O) groups is 2. The van der Waals surface area contributed by atoms with Gasteiger partial charge in [-0.15, -0.1) is 11.3 Å². The standard InChI is InChI=1S/C21H26ClNO4S/c1-5-16-14(4)28-20(19(16)21(25)26-6-2)23-18(24)8-7-11-27-17-10-9-15(22)12-13(17)3/h9-10,12H,5-8,11H2,1-4H3,(H,23,24). The summed E-state index contributed by atoms with van der Waals surface area (Å²) in [5.41, 5.74) is 2.37. The van der Waals surface area contributed by atoms with Crippen LogP contribution in [0.15, 0.2) is 18.2 Å². The Morgan fingerprint density at radius 1 is 1.21 bits per heavy atom. The van der Waals surface area contributed by atoms with Gasteiger partial charge in [-0.3, -0.25) is 4.79 Å². The molecule has 2 rings (SSSR count). The Labute approximate surface area is 175 Å². The summed E-state index contributed by atoms with van der Waals surface area (Å²) in [7, 11) is 0. The maximum Gasteiger partial charge on any atom is 0.341 e. The van der Waals surface area contributed by atoms with Gasteiger partial charge < -0.3 is 14.8 Å². The average Bonchev–Trinajstić information content (AvgIpc) is 2.95. The number of hydrogen-bond acceptors (Lipinski definition) is 5. The number of rotatable bonds is 9. The lowest BCUT2D eigenvalue weighted by Crippen LogP contribution is -2.15. The number of thiophene rings is 1. The van der Waals surface area contributed by atoms with Crippen molar-refractivity contribution < 1.29 is 19.1 Å². The van der Waals surface area contributed by atoms with E-state index in [1.807, 2.05) is 32.9 Å². The van der Waals surface area contributed by atoms with Crippen LogP contribution in [-0.4, -0.2) is 25.1 Å². The van der Waals surface area contributed by atoms with Crippen LogP contribution in [0.4, 0.5) is 5.00 Å². The molecule has 152 valence electrons. The van der Waals surface area contributed by atoms with Crippen molar-refractivity contribution in [3.8, 4) is 5.75 Å². The van der Waals surface area contributed by atoms with Crippen LogP contribution in [0.5, 0.6) is 5.75 Å². The zero-order valence-corrected chi connectivity index (χ0v) is 18.3. The van der Waals surface area contributed by atoms with Crippen molar-refractivity contribution in [2.75, 3.05) is 18.5 Å². The van der Waals surface area contributed by atoms with Gasteiger partial charge in [0.1, 0.15) is 10.8 Å². The van der Waals surface area contributed by atoms with Gasteiger partial charge in [0.2, 0.25) is 5.91 Å². The lowest BCUT2D eigenvalue weighted by molar-refractivity contribution is -0.116. The van der Waals surface area contributed by atoms with Crippen molar-refractivity contribution in [3.05, 3.63) is 44.8 Å². The minimum absolute atomic E-state index is 0.147.